The van der Waals surface area contributed by atoms with E-state index >= 15 is 0 Å². The highest BCUT2D eigenvalue weighted by Crippen LogP contribution is 2.16. The summed E-state index contributed by atoms with van der Waals surface area (Å²) in [6, 6.07) is 10.8. The van der Waals surface area contributed by atoms with Gasteiger partial charge in [-0.2, -0.15) is 0 Å². The van der Waals surface area contributed by atoms with Crippen LogP contribution in [0.5, 0.6) is 0 Å². The van der Waals surface area contributed by atoms with Crippen molar-refractivity contribution in [3.8, 4) is 0 Å². The minimum Gasteiger partial charge on any atom is -0.392 e. The Kier molecular flexibility index (Phi) is 14.4. The summed E-state index contributed by atoms with van der Waals surface area (Å²) in [5, 5.41) is 9.44. The standard InChI is InChI=1S/C28H49N2O/c1-2-3-4-5-6-7-8-9-10-11-12-13-14-18-21-28-29(24-25-31)22-23-30(28)26-27-19-16-15-17-20-27/h15-17,19-20,31H,2-14,18,21-26H2,1H3/q+1. The molecule has 2 rings (SSSR count). The van der Waals surface area contributed by atoms with Crippen molar-refractivity contribution in [3.05, 3.63) is 35.9 Å². The van der Waals surface area contributed by atoms with Crippen LogP contribution in [0, 0.1) is 0 Å². The van der Waals surface area contributed by atoms with E-state index in [4.69, 9.17) is 0 Å². The van der Waals surface area contributed by atoms with Gasteiger partial charge in [0.1, 0.15) is 26.2 Å². The fourth-order valence-corrected chi connectivity index (χ4v) is 4.83. The SMILES string of the molecule is CCCCCCCCCCCCCCCCC1=[N+](Cc2ccccc2)CCN1CCO. The summed E-state index contributed by atoms with van der Waals surface area (Å²) < 4.78 is 2.53. The molecule has 1 heterocycles. The molecule has 0 aromatic heterocycles. The van der Waals surface area contributed by atoms with Crippen molar-refractivity contribution in [2.24, 2.45) is 0 Å². The van der Waals surface area contributed by atoms with Gasteiger partial charge in [-0.15, -0.1) is 0 Å². The zero-order valence-corrected chi connectivity index (χ0v) is 20.4. The van der Waals surface area contributed by atoms with Gasteiger partial charge >= 0.3 is 0 Å². The molecule has 0 spiro atoms. The van der Waals surface area contributed by atoms with Gasteiger partial charge in [0.2, 0.25) is 5.84 Å². The maximum absolute atomic E-state index is 9.44. The van der Waals surface area contributed by atoms with Crippen LogP contribution in [-0.2, 0) is 6.54 Å². The van der Waals surface area contributed by atoms with Crippen molar-refractivity contribution >= 4 is 5.84 Å². The molecule has 0 radical (unpaired) electrons. The first-order valence-corrected chi connectivity index (χ1v) is 13.4. The highest BCUT2D eigenvalue weighted by molar-refractivity contribution is 5.78. The molecule has 1 aliphatic heterocycles. The predicted octanol–water partition coefficient (Wildman–Crippen LogP) is 6.78. The quantitative estimate of drug-likeness (QED) is 0.194. The van der Waals surface area contributed by atoms with Gasteiger partial charge in [-0.1, -0.05) is 121 Å². The first kappa shape index (κ1) is 25.9. The van der Waals surface area contributed by atoms with E-state index in [1.165, 1.54) is 101 Å². The Labute approximate surface area is 192 Å². The second kappa shape index (κ2) is 17.2. The van der Waals surface area contributed by atoms with Crippen LogP contribution < -0.4 is 0 Å². The summed E-state index contributed by atoms with van der Waals surface area (Å²) in [4.78, 5) is 2.41. The van der Waals surface area contributed by atoms with Crippen molar-refractivity contribution in [1.82, 2.24) is 4.90 Å². The summed E-state index contributed by atoms with van der Waals surface area (Å²) in [5.74, 6) is 1.46. The number of rotatable bonds is 19. The van der Waals surface area contributed by atoms with Gasteiger partial charge in [0.15, 0.2) is 0 Å². The normalized spacial score (nSPS) is 14.1. The number of aliphatic hydroxyl groups is 1. The molecule has 0 atom stereocenters. The Morgan fingerprint density at radius 2 is 1.32 bits per heavy atom. The second-order valence-electron chi connectivity index (χ2n) is 9.38. The third-order valence-corrected chi connectivity index (χ3v) is 6.71. The van der Waals surface area contributed by atoms with Crippen LogP contribution in [0.3, 0.4) is 0 Å². The Morgan fingerprint density at radius 1 is 0.774 bits per heavy atom. The highest BCUT2D eigenvalue weighted by Gasteiger charge is 2.29. The average molecular weight is 430 g/mol. The first-order chi connectivity index (χ1) is 15.3. The molecule has 0 fully saturated rings. The fraction of sp³-hybridized carbons (Fsp3) is 0.750. The van der Waals surface area contributed by atoms with E-state index in [9.17, 15) is 5.11 Å². The molecule has 1 aromatic carbocycles. The number of unbranched alkanes of at least 4 members (excludes halogenated alkanes) is 13. The zero-order chi connectivity index (χ0) is 22.0. The molecular weight excluding hydrogens is 380 g/mol. The van der Waals surface area contributed by atoms with Crippen molar-refractivity contribution in [3.63, 3.8) is 0 Å². The van der Waals surface area contributed by atoms with E-state index in [0.717, 1.165) is 32.6 Å². The molecule has 31 heavy (non-hydrogen) atoms. The molecule has 1 aromatic rings. The number of β-amino-alcohol motifs (C(OH)–C–C–N with tert-alkyl or cyclic N) is 1. The molecule has 0 saturated heterocycles. The molecular formula is C28H49N2O+. The van der Waals surface area contributed by atoms with Crippen LogP contribution in [0.25, 0.3) is 0 Å². The van der Waals surface area contributed by atoms with Gasteiger partial charge in [0.05, 0.1) is 6.61 Å². The van der Waals surface area contributed by atoms with E-state index in [1.807, 2.05) is 0 Å². The third kappa shape index (κ3) is 11.2. The Morgan fingerprint density at radius 3 is 1.87 bits per heavy atom. The Hall–Kier alpha value is -1.35. The number of hydrogen-bond acceptors (Lipinski definition) is 2. The van der Waals surface area contributed by atoms with Crippen LogP contribution in [0.15, 0.2) is 30.3 Å². The van der Waals surface area contributed by atoms with E-state index in [1.54, 1.807) is 0 Å². The molecule has 0 unspecified atom stereocenters. The highest BCUT2D eigenvalue weighted by atomic mass is 16.3. The lowest BCUT2D eigenvalue weighted by Gasteiger charge is -2.12. The predicted molar refractivity (Wildman–Crippen MR) is 134 cm³/mol. The smallest absolute Gasteiger partial charge is 0.247 e. The summed E-state index contributed by atoms with van der Waals surface area (Å²) in [6.07, 6.45) is 20.9. The Bertz CT molecular complexity index is 584. The third-order valence-electron chi connectivity index (χ3n) is 6.71. The number of nitrogens with zero attached hydrogens (tertiary/aromatic N) is 2. The molecule has 176 valence electrons. The lowest BCUT2D eigenvalue weighted by molar-refractivity contribution is -0.535. The molecule has 3 heteroatoms. The zero-order valence-electron chi connectivity index (χ0n) is 20.4. The van der Waals surface area contributed by atoms with Crippen molar-refractivity contribution < 1.29 is 9.68 Å². The van der Waals surface area contributed by atoms with Crippen molar-refractivity contribution in [2.45, 2.75) is 110 Å². The molecule has 0 aliphatic carbocycles. The number of benzene rings is 1. The molecule has 1 N–H and O–H groups in total. The van der Waals surface area contributed by atoms with E-state index < -0.39 is 0 Å². The topological polar surface area (TPSA) is 26.5 Å². The van der Waals surface area contributed by atoms with Crippen LogP contribution in [0.1, 0.15) is 109 Å². The fourth-order valence-electron chi connectivity index (χ4n) is 4.83. The van der Waals surface area contributed by atoms with Crippen LogP contribution in [0.2, 0.25) is 0 Å². The van der Waals surface area contributed by atoms with Crippen LogP contribution in [0.4, 0.5) is 0 Å². The number of amidine groups is 1. The van der Waals surface area contributed by atoms with E-state index in [2.05, 4.69) is 46.7 Å². The van der Waals surface area contributed by atoms with Crippen LogP contribution in [-0.4, -0.2) is 46.7 Å². The lowest BCUT2D eigenvalue weighted by Crippen LogP contribution is -2.32. The monoisotopic (exact) mass is 429 g/mol. The van der Waals surface area contributed by atoms with Gasteiger partial charge in [-0.3, -0.25) is 9.48 Å². The average Bonchev–Trinajstić information content (AvgIpc) is 3.16. The summed E-state index contributed by atoms with van der Waals surface area (Å²) >= 11 is 0. The maximum Gasteiger partial charge on any atom is 0.247 e. The lowest BCUT2D eigenvalue weighted by atomic mass is 10.0. The van der Waals surface area contributed by atoms with E-state index in [-0.39, 0.29) is 6.61 Å². The van der Waals surface area contributed by atoms with E-state index in [0.29, 0.717) is 0 Å². The minimum absolute atomic E-state index is 0.251. The molecule has 3 nitrogen and oxygen atoms in total. The molecule has 0 saturated carbocycles. The number of aliphatic hydroxyl groups excluding tert-OH is 1. The van der Waals surface area contributed by atoms with Crippen molar-refractivity contribution in [1.29, 1.82) is 0 Å². The van der Waals surface area contributed by atoms with Gasteiger partial charge in [-0.05, 0) is 12.0 Å². The largest absolute Gasteiger partial charge is 0.392 e. The number of hydrogen-bond donors (Lipinski definition) is 1. The van der Waals surface area contributed by atoms with Gasteiger partial charge in [0.25, 0.3) is 0 Å². The summed E-state index contributed by atoms with van der Waals surface area (Å²) in [7, 11) is 0. The first-order valence-electron chi connectivity index (χ1n) is 13.4. The Balaban J connectivity index is 1.55. The van der Waals surface area contributed by atoms with Gasteiger partial charge in [0, 0.05) is 6.42 Å². The minimum atomic E-state index is 0.251. The summed E-state index contributed by atoms with van der Waals surface area (Å²) in [6.45, 7) is 6.46. The maximum atomic E-state index is 9.44. The van der Waals surface area contributed by atoms with Crippen LogP contribution >= 0.6 is 0 Å². The molecule has 0 amide bonds. The van der Waals surface area contributed by atoms with Gasteiger partial charge in [-0.25, -0.2) is 0 Å². The second-order valence-corrected chi connectivity index (χ2v) is 9.38. The van der Waals surface area contributed by atoms with Gasteiger partial charge < -0.3 is 5.11 Å². The van der Waals surface area contributed by atoms with Crippen molar-refractivity contribution in [2.75, 3.05) is 26.2 Å². The molecule has 0 bridgehead atoms. The summed E-state index contributed by atoms with van der Waals surface area (Å²) in [5.41, 5.74) is 1.38. The molecule has 1 aliphatic rings.